The van der Waals surface area contributed by atoms with E-state index in [0.29, 0.717) is 16.4 Å². The molecule has 0 saturated heterocycles. The Bertz CT molecular complexity index is 1090. The molecule has 162 valence electrons. The van der Waals surface area contributed by atoms with Gasteiger partial charge in [-0.05, 0) is 61.7 Å². The minimum atomic E-state index is -0.509. The molecule has 4 rings (SSSR count). The van der Waals surface area contributed by atoms with E-state index >= 15 is 0 Å². The molecule has 3 aromatic rings. The molecule has 31 heavy (non-hydrogen) atoms. The topological polar surface area (TPSA) is 62.6 Å². The van der Waals surface area contributed by atoms with E-state index in [4.69, 9.17) is 16.0 Å². The van der Waals surface area contributed by atoms with E-state index in [2.05, 4.69) is 5.32 Å². The van der Waals surface area contributed by atoms with Crippen molar-refractivity contribution in [1.29, 1.82) is 0 Å². The average molecular weight is 461 g/mol. The lowest BCUT2D eigenvalue weighted by atomic mass is 10.1. The summed E-state index contributed by atoms with van der Waals surface area (Å²) in [4.78, 5) is 28.5. The molecule has 2 amide bonds. The number of anilines is 1. The summed E-state index contributed by atoms with van der Waals surface area (Å²) in [5, 5.41) is 3.34. The van der Waals surface area contributed by atoms with Crippen LogP contribution in [0.4, 0.5) is 9.39 Å². The number of hydrogen-bond donors (Lipinski definition) is 1. The third-order valence-corrected chi connectivity index (χ3v) is 6.91. The van der Waals surface area contributed by atoms with Crippen LogP contribution in [-0.4, -0.2) is 22.8 Å². The zero-order valence-corrected chi connectivity index (χ0v) is 18.6. The van der Waals surface area contributed by atoms with Crippen LogP contribution in [0.3, 0.4) is 0 Å². The van der Waals surface area contributed by atoms with Crippen molar-refractivity contribution in [3.8, 4) is 0 Å². The summed E-state index contributed by atoms with van der Waals surface area (Å²) < 4.78 is 18.7. The molecule has 1 aromatic carbocycles. The Morgan fingerprint density at radius 3 is 2.71 bits per heavy atom. The van der Waals surface area contributed by atoms with Gasteiger partial charge < -0.3 is 14.6 Å². The number of benzene rings is 1. The van der Waals surface area contributed by atoms with Crippen LogP contribution in [0.5, 0.6) is 0 Å². The van der Waals surface area contributed by atoms with Crippen molar-refractivity contribution in [2.45, 2.75) is 45.2 Å². The van der Waals surface area contributed by atoms with Crippen molar-refractivity contribution in [2.75, 3.05) is 5.32 Å². The van der Waals surface area contributed by atoms with Gasteiger partial charge in [0, 0.05) is 6.04 Å². The Balaban J connectivity index is 1.54. The molecule has 1 saturated carbocycles. The van der Waals surface area contributed by atoms with E-state index in [0.717, 1.165) is 43.1 Å². The molecule has 0 spiro atoms. The molecule has 1 N–H and O–H groups in total. The molecule has 2 aromatic heterocycles. The lowest BCUT2D eigenvalue weighted by Crippen LogP contribution is -2.38. The highest BCUT2D eigenvalue weighted by Gasteiger charge is 2.30. The van der Waals surface area contributed by atoms with Crippen LogP contribution >= 0.6 is 22.9 Å². The number of nitrogens with one attached hydrogen (secondary N) is 1. The van der Waals surface area contributed by atoms with Gasteiger partial charge in [-0.15, -0.1) is 11.3 Å². The zero-order chi connectivity index (χ0) is 22.0. The molecule has 0 bridgehead atoms. The summed E-state index contributed by atoms with van der Waals surface area (Å²) in [7, 11) is 0. The average Bonchev–Trinajstić information content (AvgIpc) is 3.48. The summed E-state index contributed by atoms with van der Waals surface area (Å²) >= 11 is 7.22. The molecule has 1 fully saturated rings. The van der Waals surface area contributed by atoms with Crippen LogP contribution in [0.2, 0.25) is 5.02 Å². The Kier molecular flexibility index (Phi) is 6.43. The summed E-state index contributed by atoms with van der Waals surface area (Å²) in [6, 6.07) is 9.25. The maximum Gasteiger partial charge on any atom is 0.264 e. The zero-order valence-electron chi connectivity index (χ0n) is 17.0. The van der Waals surface area contributed by atoms with Gasteiger partial charge >= 0.3 is 0 Å². The predicted octanol–water partition coefficient (Wildman–Crippen LogP) is 6.28. The lowest BCUT2D eigenvalue weighted by molar-refractivity contribution is 0.0653. The van der Waals surface area contributed by atoms with Crippen LogP contribution in [0.15, 0.2) is 47.1 Å². The third kappa shape index (κ3) is 4.83. The molecular weight excluding hydrogens is 439 g/mol. The first-order valence-corrected chi connectivity index (χ1v) is 11.3. The van der Waals surface area contributed by atoms with Gasteiger partial charge in [0.25, 0.3) is 11.8 Å². The number of nitrogens with zero attached hydrogens (tertiary/aromatic N) is 1. The van der Waals surface area contributed by atoms with Crippen LogP contribution in [0, 0.1) is 12.7 Å². The first kappa shape index (κ1) is 21.6. The molecule has 8 heteroatoms. The minimum absolute atomic E-state index is 0.0351. The second kappa shape index (κ2) is 9.24. The van der Waals surface area contributed by atoms with Crippen molar-refractivity contribution >= 4 is 39.8 Å². The second-order valence-electron chi connectivity index (χ2n) is 7.65. The van der Waals surface area contributed by atoms with Gasteiger partial charge in [-0.2, -0.15) is 0 Å². The second-order valence-corrected chi connectivity index (χ2v) is 9.11. The molecule has 0 atom stereocenters. The van der Waals surface area contributed by atoms with Crippen LogP contribution in [0.25, 0.3) is 0 Å². The van der Waals surface area contributed by atoms with E-state index in [1.54, 1.807) is 12.3 Å². The van der Waals surface area contributed by atoms with Gasteiger partial charge in [0.2, 0.25) is 0 Å². The smallest absolute Gasteiger partial charge is 0.264 e. The molecule has 0 unspecified atom stereocenters. The quantitative estimate of drug-likeness (QED) is 0.471. The van der Waals surface area contributed by atoms with E-state index in [1.165, 1.54) is 23.5 Å². The lowest BCUT2D eigenvalue weighted by Gasteiger charge is -2.28. The number of furan rings is 1. The number of hydrogen-bond acceptors (Lipinski definition) is 4. The Hall–Kier alpha value is -2.64. The van der Waals surface area contributed by atoms with Gasteiger partial charge in [0.05, 0.1) is 33.3 Å². The van der Waals surface area contributed by atoms with Crippen molar-refractivity contribution in [3.63, 3.8) is 0 Å². The fourth-order valence-corrected chi connectivity index (χ4v) is 5.17. The first-order chi connectivity index (χ1) is 14.9. The SMILES string of the molecule is Cc1cc(NC(=O)c2ccc(F)cc2Cl)sc1C(=O)N(Cc1ccco1)C1CCCC1. The van der Waals surface area contributed by atoms with Gasteiger partial charge in [-0.1, -0.05) is 24.4 Å². The standard InChI is InChI=1S/C23H22ClFN2O3S/c1-14-11-20(26-22(28)18-9-8-15(25)12-19(18)24)31-21(14)23(29)27(16-5-2-3-6-16)13-17-7-4-10-30-17/h4,7-12,16H,2-3,5-6,13H2,1H3,(H,26,28). The highest BCUT2D eigenvalue weighted by molar-refractivity contribution is 7.18. The minimum Gasteiger partial charge on any atom is -0.467 e. The Morgan fingerprint density at radius 1 is 1.26 bits per heavy atom. The van der Waals surface area contributed by atoms with Gasteiger partial charge in [-0.3, -0.25) is 9.59 Å². The molecule has 5 nitrogen and oxygen atoms in total. The molecular formula is C23H22ClFN2O3S. The van der Waals surface area contributed by atoms with Gasteiger partial charge in [0.15, 0.2) is 0 Å². The van der Waals surface area contributed by atoms with E-state index in [1.807, 2.05) is 24.0 Å². The van der Waals surface area contributed by atoms with Gasteiger partial charge in [-0.25, -0.2) is 4.39 Å². The van der Waals surface area contributed by atoms with Crippen molar-refractivity contribution in [3.05, 3.63) is 75.3 Å². The van der Waals surface area contributed by atoms with Crippen LogP contribution < -0.4 is 5.32 Å². The number of thiophene rings is 1. The maximum atomic E-state index is 13.5. The van der Waals surface area contributed by atoms with Crippen molar-refractivity contribution < 1.29 is 18.4 Å². The van der Waals surface area contributed by atoms with E-state index in [9.17, 15) is 14.0 Å². The van der Waals surface area contributed by atoms with E-state index < -0.39 is 11.7 Å². The Labute approximate surface area is 188 Å². The normalized spacial score (nSPS) is 14.0. The maximum absolute atomic E-state index is 13.5. The molecule has 0 radical (unpaired) electrons. The highest BCUT2D eigenvalue weighted by Crippen LogP contribution is 2.32. The largest absolute Gasteiger partial charge is 0.467 e. The fraction of sp³-hybridized carbons (Fsp3) is 0.304. The number of rotatable bonds is 6. The summed E-state index contributed by atoms with van der Waals surface area (Å²) in [5.41, 5.74) is 0.963. The van der Waals surface area contributed by atoms with Crippen molar-refractivity contribution in [1.82, 2.24) is 4.90 Å². The van der Waals surface area contributed by atoms with Gasteiger partial charge in [0.1, 0.15) is 11.6 Å². The fourth-order valence-electron chi connectivity index (χ4n) is 3.89. The number of halogens is 2. The molecule has 1 aliphatic carbocycles. The number of aryl methyl sites for hydroxylation is 1. The van der Waals surface area contributed by atoms with Crippen LogP contribution in [0.1, 0.15) is 57.0 Å². The Morgan fingerprint density at radius 2 is 2.03 bits per heavy atom. The summed E-state index contributed by atoms with van der Waals surface area (Å²) in [6.45, 7) is 2.27. The number of carbonyl (C=O) groups is 2. The molecule has 2 heterocycles. The number of amides is 2. The van der Waals surface area contributed by atoms with Crippen molar-refractivity contribution in [2.24, 2.45) is 0 Å². The highest BCUT2D eigenvalue weighted by atomic mass is 35.5. The predicted molar refractivity (Wildman–Crippen MR) is 119 cm³/mol. The monoisotopic (exact) mass is 460 g/mol. The third-order valence-electron chi connectivity index (χ3n) is 5.46. The van der Waals surface area contributed by atoms with E-state index in [-0.39, 0.29) is 22.5 Å². The summed E-state index contributed by atoms with van der Waals surface area (Å²) in [5.74, 6) is -0.279. The first-order valence-electron chi connectivity index (χ1n) is 10.1. The molecule has 1 aliphatic rings. The molecule has 0 aliphatic heterocycles. The summed E-state index contributed by atoms with van der Waals surface area (Å²) in [6.07, 6.45) is 5.77. The number of carbonyl (C=O) groups excluding carboxylic acids is 2. The van der Waals surface area contributed by atoms with Crippen LogP contribution in [-0.2, 0) is 6.54 Å².